The van der Waals surface area contributed by atoms with Crippen molar-refractivity contribution in [2.24, 2.45) is 5.92 Å². The summed E-state index contributed by atoms with van der Waals surface area (Å²) in [6.45, 7) is 2.35. The highest BCUT2D eigenvalue weighted by Gasteiger charge is 2.35. The number of nitrogens with zero attached hydrogens (tertiary/aromatic N) is 2. The van der Waals surface area contributed by atoms with E-state index in [4.69, 9.17) is 0 Å². The van der Waals surface area contributed by atoms with E-state index in [1.54, 1.807) is 12.1 Å². The molecule has 2 fully saturated rings. The summed E-state index contributed by atoms with van der Waals surface area (Å²) in [5.74, 6) is 0.710. The Morgan fingerprint density at radius 1 is 0.938 bits per heavy atom. The largest absolute Gasteiger partial charge is 0.375 e. The van der Waals surface area contributed by atoms with Crippen molar-refractivity contribution in [2.45, 2.75) is 51.0 Å². The van der Waals surface area contributed by atoms with Crippen molar-refractivity contribution < 1.29 is 9.59 Å². The van der Waals surface area contributed by atoms with Crippen molar-refractivity contribution in [3.8, 4) is 0 Å². The minimum Gasteiger partial charge on any atom is -0.375 e. The molecule has 0 spiro atoms. The van der Waals surface area contributed by atoms with E-state index in [1.165, 1.54) is 31.4 Å². The summed E-state index contributed by atoms with van der Waals surface area (Å²) >= 11 is 0. The maximum Gasteiger partial charge on any atom is 0.254 e. The molecule has 170 valence electrons. The molecule has 4 rings (SSSR count). The van der Waals surface area contributed by atoms with Crippen LogP contribution in [0.1, 0.15) is 65.7 Å². The number of anilines is 1. The van der Waals surface area contributed by atoms with E-state index in [0.29, 0.717) is 29.6 Å². The second-order valence-corrected chi connectivity index (χ2v) is 9.20. The number of amides is 2. The Kier molecular flexibility index (Phi) is 7.46. The number of benzene rings is 2. The fourth-order valence-corrected chi connectivity index (χ4v) is 5.24. The molecule has 0 radical (unpaired) electrons. The molecule has 2 atom stereocenters. The average Bonchev–Trinajstić information content (AvgIpc) is 2.86. The van der Waals surface area contributed by atoms with Gasteiger partial charge in [0.05, 0.1) is 0 Å². The first-order valence-electron chi connectivity index (χ1n) is 12.1. The highest BCUT2D eigenvalue weighted by molar-refractivity contribution is 5.98. The molecule has 0 aromatic heterocycles. The lowest BCUT2D eigenvalue weighted by molar-refractivity contribution is 0.0390. The summed E-state index contributed by atoms with van der Waals surface area (Å²) in [4.78, 5) is 29.9. The minimum absolute atomic E-state index is 0.0864. The number of rotatable bonds is 7. The van der Waals surface area contributed by atoms with E-state index in [-0.39, 0.29) is 11.8 Å². The number of para-hydroxylation sites is 1. The Labute approximate surface area is 191 Å². The Morgan fingerprint density at radius 2 is 1.62 bits per heavy atom. The fraction of sp³-hybridized carbons (Fsp3) is 0.481. The van der Waals surface area contributed by atoms with Crippen LogP contribution in [-0.2, 0) is 0 Å². The molecule has 1 aliphatic heterocycles. The van der Waals surface area contributed by atoms with Gasteiger partial charge in [-0.2, -0.15) is 0 Å². The standard InChI is InChI=1S/C27H35N3O2/c1-29(24-11-3-2-4-12-24)19-8-18-28-26(31)22-14-16-23(17-15-22)27(32)30-20-7-10-21-9-5-6-13-25(21)30/h2-4,11-12,14-17,21,25H,5-10,13,18-20H2,1H3,(H,28,31)/t21?,25-/m0/s1. The van der Waals surface area contributed by atoms with Crippen LogP contribution in [-0.4, -0.2) is 49.4 Å². The van der Waals surface area contributed by atoms with Gasteiger partial charge < -0.3 is 15.1 Å². The van der Waals surface area contributed by atoms with Crippen LogP contribution < -0.4 is 10.2 Å². The van der Waals surface area contributed by atoms with Gasteiger partial charge in [0.2, 0.25) is 0 Å². The highest BCUT2D eigenvalue weighted by atomic mass is 16.2. The summed E-state index contributed by atoms with van der Waals surface area (Å²) in [5.41, 5.74) is 2.47. The predicted molar refractivity (Wildman–Crippen MR) is 129 cm³/mol. The smallest absolute Gasteiger partial charge is 0.254 e. The molecule has 2 amide bonds. The molecule has 0 bridgehead atoms. The first kappa shape index (κ1) is 22.4. The van der Waals surface area contributed by atoms with Gasteiger partial charge in [0.15, 0.2) is 0 Å². The Hall–Kier alpha value is -2.82. The van der Waals surface area contributed by atoms with Crippen molar-refractivity contribution in [3.05, 3.63) is 65.7 Å². The van der Waals surface area contributed by atoms with Crippen LogP contribution in [0.4, 0.5) is 5.69 Å². The van der Waals surface area contributed by atoms with Gasteiger partial charge in [-0.15, -0.1) is 0 Å². The zero-order valence-electron chi connectivity index (χ0n) is 19.1. The topological polar surface area (TPSA) is 52.7 Å². The minimum atomic E-state index is -0.0864. The number of nitrogens with one attached hydrogen (secondary N) is 1. The molecule has 1 unspecified atom stereocenters. The second kappa shape index (κ2) is 10.7. The van der Waals surface area contributed by atoms with Gasteiger partial charge >= 0.3 is 0 Å². The molecule has 1 saturated heterocycles. The number of carbonyl (C=O) groups is 2. The van der Waals surface area contributed by atoms with E-state index in [2.05, 4.69) is 34.3 Å². The van der Waals surface area contributed by atoms with Gasteiger partial charge in [-0.25, -0.2) is 0 Å². The van der Waals surface area contributed by atoms with E-state index < -0.39 is 0 Å². The maximum absolute atomic E-state index is 13.1. The average molecular weight is 434 g/mol. The van der Waals surface area contributed by atoms with Crippen molar-refractivity contribution >= 4 is 17.5 Å². The molecule has 2 aromatic carbocycles. The molecule has 5 heteroatoms. The number of fused-ring (bicyclic) bond motifs is 1. The normalized spacial score (nSPS) is 20.3. The summed E-state index contributed by atoms with van der Waals surface area (Å²) in [6.07, 6.45) is 8.15. The number of carbonyl (C=O) groups excluding carboxylic acids is 2. The SMILES string of the molecule is CN(CCCNC(=O)c1ccc(C(=O)N2CCCC3CCCC[C@@H]32)cc1)c1ccccc1. The van der Waals surface area contributed by atoms with Crippen LogP contribution in [0, 0.1) is 5.92 Å². The third kappa shape index (κ3) is 5.32. The van der Waals surface area contributed by atoms with Crippen LogP contribution in [0.5, 0.6) is 0 Å². The van der Waals surface area contributed by atoms with Crippen molar-refractivity contribution in [1.29, 1.82) is 0 Å². The maximum atomic E-state index is 13.1. The monoisotopic (exact) mass is 433 g/mol. The van der Waals surface area contributed by atoms with Gasteiger partial charge in [-0.05, 0) is 74.4 Å². The van der Waals surface area contributed by atoms with Crippen molar-refractivity contribution in [1.82, 2.24) is 10.2 Å². The van der Waals surface area contributed by atoms with Gasteiger partial charge in [-0.1, -0.05) is 31.0 Å². The van der Waals surface area contributed by atoms with E-state index in [0.717, 1.165) is 32.4 Å². The van der Waals surface area contributed by atoms with Crippen LogP contribution in [0.3, 0.4) is 0 Å². The third-order valence-corrected chi connectivity index (χ3v) is 7.05. The second-order valence-electron chi connectivity index (χ2n) is 9.20. The Morgan fingerprint density at radius 3 is 2.41 bits per heavy atom. The molecule has 1 saturated carbocycles. The van der Waals surface area contributed by atoms with Gasteiger partial charge in [-0.3, -0.25) is 9.59 Å². The van der Waals surface area contributed by atoms with E-state index in [1.807, 2.05) is 30.3 Å². The molecular weight excluding hydrogens is 398 g/mol. The van der Waals surface area contributed by atoms with Crippen molar-refractivity contribution in [3.63, 3.8) is 0 Å². The van der Waals surface area contributed by atoms with Crippen LogP contribution in [0.2, 0.25) is 0 Å². The molecule has 2 aliphatic rings. The number of hydrogen-bond acceptors (Lipinski definition) is 3. The lowest BCUT2D eigenvalue weighted by atomic mass is 9.78. The molecule has 1 N–H and O–H groups in total. The lowest BCUT2D eigenvalue weighted by Crippen LogP contribution is -2.49. The first-order chi connectivity index (χ1) is 15.6. The van der Waals surface area contributed by atoms with E-state index in [9.17, 15) is 9.59 Å². The lowest BCUT2D eigenvalue weighted by Gasteiger charge is -2.44. The Bertz CT molecular complexity index is 895. The van der Waals surface area contributed by atoms with Crippen LogP contribution in [0.25, 0.3) is 0 Å². The molecule has 2 aromatic rings. The summed E-state index contributed by atoms with van der Waals surface area (Å²) in [6, 6.07) is 17.8. The molecule has 1 aliphatic carbocycles. The number of piperidine rings is 1. The summed E-state index contributed by atoms with van der Waals surface area (Å²) in [5, 5.41) is 2.99. The zero-order valence-corrected chi connectivity index (χ0v) is 19.1. The fourth-order valence-electron chi connectivity index (χ4n) is 5.24. The van der Waals surface area contributed by atoms with Gasteiger partial charge in [0.1, 0.15) is 0 Å². The van der Waals surface area contributed by atoms with Crippen molar-refractivity contribution in [2.75, 3.05) is 31.6 Å². The van der Waals surface area contributed by atoms with Crippen LogP contribution in [0.15, 0.2) is 54.6 Å². The first-order valence-corrected chi connectivity index (χ1v) is 12.1. The summed E-state index contributed by atoms with van der Waals surface area (Å²) < 4.78 is 0. The zero-order chi connectivity index (χ0) is 22.3. The molecule has 1 heterocycles. The quantitative estimate of drug-likeness (QED) is 0.642. The third-order valence-electron chi connectivity index (χ3n) is 7.05. The molecule has 32 heavy (non-hydrogen) atoms. The highest BCUT2D eigenvalue weighted by Crippen LogP contribution is 2.35. The van der Waals surface area contributed by atoms with Gasteiger partial charge in [0.25, 0.3) is 11.8 Å². The van der Waals surface area contributed by atoms with Gasteiger partial charge in [0, 0.05) is 49.5 Å². The Balaban J connectivity index is 1.26. The number of hydrogen-bond donors (Lipinski definition) is 1. The predicted octanol–water partition coefficient (Wildman–Crippen LogP) is 4.74. The number of likely N-dealkylation sites (tertiary alicyclic amines) is 1. The van der Waals surface area contributed by atoms with Crippen LogP contribution >= 0.6 is 0 Å². The molecular formula is C27H35N3O2. The molecule has 5 nitrogen and oxygen atoms in total. The summed E-state index contributed by atoms with van der Waals surface area (Å²) in [7, 11) is 2.06. The van der Waals surface area contributed by atoms with E-state index >= 15 is 0 Å².